The molecule has 6 nitrogen and oxygen atoms in total. The zero-order valence-corrected chi connectivity index (χ0v) is 10.0. The maximum atomic E-state index is 11.3. The fourth-order valence-corrected chi connectivity index (χ4v) is 0.995. The summed E-state index contributed by atoms with van der Waals surface area (Å²) in [7, 11) is 0. The van der Waals surface area contributed by atoms with E-state index in [9.17, 15) is 14.4 Å². The third-order valence-electron chi connectivity index (χ3n) is 1.69. The van der Waals surface area contributed by atoms with E-state index in [-0.39, 0.29) is 19.7 Å². The molecule has 0 unspecified atom stereocenters. The van der Waals surface area contributed by atoms with Gasteiger partial charge in [-0.3, -0.25) is 4.90 Å². The molecule has 6 heteroatoms. The van der Waals surface area contributed by atoms with E-state index < -0.39 is 12.1 Å². The summed E-state index contributed by atoms with van der Waals surface area (Å²) in [5.41, 5.74) is 0. The van der Waals surface area contributed by atoms with Gasteiger partial charge in [-0.05, 0) is 13.8 Å². The first kappa shape index (κ1) is 15.2. The van der Waals surface area contributed by atoms with Crippen molar-refractivity contribution in [3.63, 3.8) is 0 Å². The third-order valence-corrected chi connectivity index (χ3v) is 1.69. The second kappa shape index (κ2) is 9.38. The molecule has 0 atom stereocenters. The van der Waals surface area contributed by atoms with Gasteiger partial charge < -0.3 is 14.3 Å². The fourth-order valence-electron chi connectivity index (χ4n) is 0.995. The Bertz CT molecular complexity index is 288. The molecule has 0 radical (unpaired) electrons. The normalized spacial score (nSPS) is 10.0. The second-order valence-corrected chi connectivity index (χ2v) is 2.92. The number of aldehydes is 1. The molecule has 0 heterocycles. The number of amides is 1. The van der Waals surface area contributed by atoms with Crippen molar-refractivity contribution in [1.82, 2.24) is 4.90 Å². The molecule has 0 rings (SSSR count). The zero-order chi connectivity index (χ0) is 13.1. The van der Waals surface area contributed by atoms with E-state index >= 15 is 0 Å². The monoisotopic (exact) mass is 243 g/mol. The van der Waals surface area contributed by atoms with Crippen molar-refractivity contribution in [3.8, 4) is 0 Å². The Balaban J connectivity index is 4.20. The summed E-state index contributed by atoms with van der Waals surface area (Å²) in [6.07, 6.45) is 2.65. The highest BCUT2D eigenvalue weighted by Crippen LogP contribution is 1.94. The summed E-state index contributed by atoms with van der Waals surface area (Å²) in [5.74, 6) is -0.484. The highest BCUT2D eigenvalue weighted by molar-refractivity contribution is 5.82. The molecule has 0 spiro atoms. The van der Waals surface area contributed by atoms with Crippen LogP contribution in [0, 0.1) is 0 Å². The molecule has 0 saturated carbocycles. The number of carbonyl (C=O) groups excluding carboxylic acids is 3. The van der Waals surface area contributed by atoms with Crippen LogP contribution in [0.2, 0.25) is 0 Å². The molecular weight excluding hydrogens is 226 g/mol. The van der Waals surface area contributed by atoms with Crippen molar-refractivity contribution in [3.05, 3.63) is 12.2 Å². The smallest absolute Gasteiger partial charge is 0.410 e. The van der Waals surface area contributed by atoms with Crippen molar-refractivity contribution >= 4 is 18.3 Å². The average Bonchev–Trinajstić information content (AvgIpc) is 2.28. The summed E-state index contributed by atoms with van der Waals surface area (Å²) in [4.78, 5) is 33.8. The Kier molecular flexibility index (Phi) is 8.36. The van der Waals surface area contributed by atoms with E-state index in [4.69, 9.17) is 4.74 Å². The van der Waals surface area contributed by atoms with Crippen LogP contribution >= 0.6 is 0 Å². The van der Waals surface area contributed by atoms with Crippen LogP contribution in [-0.4, -0.2) is 49.6 Å². The largest absolute Gasteiger partial charge is 0.463 e. The highest BCUT2D eigenvalue weighted by Gasteiger charge is 2.11. The molecule has 0 aliphatic rings. The summed E-state index contributed by atoms with van der Waals surface area (Å²) in [5, 5.41) is 0. The van der Waals surface area contributed by atoms with Gasteiger partial charge in [0.05, 0.1) is 19.8 Å². The average molecular weight is 243 g/mol. The first-order valence-electron chi connectivity index (χ1n) is 5.34. The van der Waals surface area contributed by atoms with Gasteiger partial charge in [0.1, 0.15) is 6.29 Å². The Morgan fingerprint density at radius 2 is 1.76 bits per heavy atom. The Morgan fingerprint density at radius 1 is 1.12 bits per heavy atom. The first-order valence-corrected chi connectivity index (χ1v) is 5.34. The molecule has 0 bridgehead atoms. The lowest BCUT2D eigenvalue weighted by atomic mass is 10.4. The Hall–Kier alpha value is -1.85. The molecule has 0 aromatic carbocycles. The van der Waals surface area contributed by atoms with Crippen LogP contribution in [0.3, 0.4) is 0 Å². The molecular formula is C11H17NO5. The molecule has 0 aliphatic heterocycles. The van der Waals surface area contributed by atoms with Crippen LogP contribution in [0.25, 0.3) is 0 Å². The van der Waals surface area contributed by atoms with Crippen LogP contribution < -0.4 is 0 Å². The quantitative estimate of drug-likeness (QED) is 0.375. The molecule has 0 aromatic heterocycles. The van der Waals surface area contributed by atoms with Gasteiger partial charge in [-0.25, -0.2) is 9.59 Å². The van der Waals surface area contributed by atoms with Crippen LogP contribution in [0.1, 0.15) is 13.8 Å². The molecule has 0 saturated heterocycles. The molecule has 0 fully saturated rings. The number of rotatable bonds is 7. The van der Waals surface area contributed by atoms with Gasteiger partial charge in [0.15, 0.2) is 0 Å². The SMILES string of the molecule is CCOC(=O)/C=C/CN(CC=O)C(=O)OCC. The lowest BCUT2D eigenvalue weighted by Crippen LogP contribution is -2.33. The fraction of sp³-hybridized carbons (Fsp3) is 0.545. The van der Waals surface area contributed by atoms with Crippen molar-refractivity contribution in [2.24, 2.45) is 0 Å². The summed E-state index contributed by atoms with van der Waals surface area (Å²) < 4.78 is 9.40. The first-order chi connectivity index (χ1) is 8.15. The molecule has 0 aromatic rings. The number of hydrogen-bond acceptors (Lipinski definition) is 5. The second-order valence-electron chi connectivity index (χ2n) is 2.92. The van der Waals surface area contributed by atoms with Crippen molar-refractivity contribution < 1.29 is 23.9 Å². The third kappa shape index (κ3) is 7.10. The van der Waals surface area contributed by atoms with Crippen molar-refractivity contribution in [2.75, 3.05) is 26.3 Å². The summed E-state index contributed by atoms with van der Waals surface area (Å²) >= 11 is 0. The molecule has 96 valence electrons. The lowest BCUT2D eigenvalue weighted by molar-refractivity contribution is -0.137. The van der Waals surface area contributed by atoms with Crippen molar-refractivity contribution in [2.45, 2.75) is 13.8 Å². The zero-order valence-electron chi connectivity index (χ0n) is 10.0. The van der Waals surface area contributed by atoms with E-state index in [0.717, 1.165) is 0 Å². The molecule has 0 N–H and O–H groups in total. The Morgan fingerprint density at radius 3 is 2.29 bits per heavy atom. The number of esters is 1. The minimum absolute atomic E-state index is 0.0774. The van der Waals surface area contributed by atoms with Gasteiger partial charge in [-0.15, -0.1) is 0 Å². The molecule has 0 aliphatic carbocycles. The molecule has 17 heavy (non-hydrogen) atoms. The van der Waals surface area contributed by atoms with Crippen LogP contribution in [0.4, 0.5) is 4.79 Å². The van der Waals surface area contributed by atoms with Gasteiger partial charge >= 0.3 is 12.1 Å². The van der Waals surface area contributed by atoms with Gasteiger partial charge in [0.2, 0.25) is 0 Å². The standard InChI is InChI=1S/C11H17NO5/c1-3-16-10(14)6-5-7-12(8-9-13)11(15)17-4-2/h5-6,9H,3-4,7-8H2,1-2H3/b6-5+. The van der Waals surface area contributed by atoms with Gasteiger partial charge in [-0.2, -0.15) is 0 Å². The maximum absolute atomic E-state index is 11.3. The van der Waals surface area contributed by atoms with Crippen LogP contribution in [0.5, 0.6) is 0 Å². The predicted molar refractivity (Wildman–Crippen MR) is 60.4 cm³/mol. The summed E-state index contributed by atoms with van der Waals surface area (Å²) in [6, 6.07) is 0. The maximum Gasteiger partial charge on any atom is 0.410 e. The molecule has 1 amide bonds. The van der Waals surface area contributed by atoms with E-state index in [1.54, 1.807) is 13.8 Å². The number of ether oxygens (including phenoxy) is 2. The number of nitrogens with zero attached hydrogens (tertiary/aromatic N) is 1. The summed E-state index contributed by atoms with van der Waals surface area (Å²) in [6.45, 7) is 3.94. The number of hydrogen-bond donors (Lipinski definition) is 0. The van der Waals surface area contributed by atoms with Gasteiger partial charge in [0, 0.05) is 12.6 Å². The minimum atomic E-state index is -0.590. The van der Waals surface area contributed by atoms with E-state index in [2.05, 4.69) is 4.74 Å². The predicted octanol–water partition coefficient (Wildman–Crippen LogP) is 0.763. The van der Waals surface area contributed by atoms with E-state index in [1.165, 1.54) is 17.1 Å². The van der Waals surface area contributed by atoms with E-state index in [1.807, 2.05) is 0 Å². The lowest BCUT2D eigenvalue weighted by Gasteiger charge is -2.16. The van der Waals surface area contributed by atoms with Gasteiger partial charge in [-0.1, -0.05) is 6.08 Å². The Labute approximate surface area is 100 Å². The van der Waals surface area contributed by atoms with Crippen LogP contribution in [-0.2, 0) is 19.1 Å². The minimum Gasteiger partial charge on any atom is -0.463 e. The van der Waals surface area contributed by atoms with Crippen LogP contribution in [0.15, 0.2) is 12.2 Å². The number of carbonyl (C=O) groups is 3. The van der Waals surface area contributed by atoms with Crippen molar-refractivity contribution in [1.29, 1.82) is 0 Å². The van der Waals surface area contributed by atoms with Gasteiger partial charge in [0.25, 0.3) is 0 Å². The highest BCUT2D eigenvalue weighted by atomic mass is 16.6. The topological polar surface area (TPSA) is 72.9 Å². The van der Waals surface area contributed by atoms with E-state index in [0.29, 0.717) is 12.9 Å².